The molecule has 0 spiro atoms. The van der Waals surface area contributed by atoms with Gasteiger partial charge in [0, 0.05) is 11.0 Å². The number of carbonyl (C=O) groups is 1. The van der Waals surface area contributed by atoms with Crippen molar-refractivity contribution in [1.29, 1.82) is 0 Å². The molecule has 0 saturated carbocycles. The molecule has 5 nitrogen and oxygen atoms in total. The van der Waals surface area contributed by atoms with Crippen molar-refractivity contribution >= 4 is 32.7 Å². The third-order valence-corrected chi connectivity index (χ3v) is 6.48. The Balaban J connectivity index is 1.91. The first-order valence-corrected chi connectivity index (χ1v) is 10.7. The number of benzene rings is 3. The van der Waals surface area contributed by atoms with Gasteiger partial charge in [-0.2, -0.15) is 0 Å². The minimum Gasteiger partial charge on any atom is -0.493 e. The summed E-state index contributed by atoms with van der Waals surface area (Å²) in [6, 6.07) is 17.6. The molecule has 156 valence electrons. The molecule has 0 radical (unpaired) electrons. The van der Waals surface area contributed by atoms with Gasteiger partial charge in [-0.15, -0.1) is 0 Å². The van der Waals surface area contributed by atoms with Gasteiger partial charge in [0.1, 0.15) is 6.04 Å². The van der Waals surface area contributed by atoms with Crippen LogP contribution in [0.2, 0.25) is 0 Å². The lowest BCUT2D eigenvalue weighted by Gasteiger charge is -2.33. The van der Waals surface area contributed by atoms with Crippen molar-refractivity contribution in [3.8, 4) is 11.5 Å². The van der Waals surface area contributed by atoms with Crippen LogP contribution in [0.25, 0.3) is 10.8 Å². The van der Waals surface area contributed by atoms with E-state index >= 15 is 0 Å². The summed E-state index contributed by atoms with van der Waals surface area (Å²) in [5, 5.41) is 12.1. The topological polar surface area (TPSA) is 59.0 Å². The maximum Gasteiger partial charge on any atom is 0.320 e. The van der Waals surface area contributed by atoms with Crippen molar-refractivity contribution in [3.05, 3.63) is 70.2 Å². The zero-order valence-corrected chi connectivity index (χ0v) is 18.6. The highest BCUT2D eigenvalue weighted by atomic mass is 79.9. The van der Waals surface area contributed by atoms with E-state index < -0.39 is 12.0 Å². The van der Waals surface area contributed by atoms with Crippen molar-refractivity contribution in [2.45, 2.75) is 24.9 Å². The minimum atomic E-state index is -0.783. The number of halogens is 1. The van der Waals surface area contributed by atoms with Gasteiger partial charge in [0.25, 0.3) is 0 Å². The first kappa shape index (κ1) is 20.7. The molecule has 0 aliphatic carbocycles. The Morgan fingerprint density at radius 2 is 1.77 bits per heavy atom. The first-order valence-electron chi connectivity index (χ1n) is 9.92. The quantitative estimate of drug-likeness (QED) is 0.533. The van der Waals surface area contributed by atoms with Gasteiger partial charge in [0.15, 0.2) is 11.5 Å². The average Bonchev–Trinajstić information content (AvgIpc) is 3.24. The largest absolute Gasteiger partial charge is 0.493 e. The summed E-state index contributed by atoms with van der Waals surface area (Å²) in [4.78, 5) is 14.1. The van der Waals surface area contributed by atoms with Gasteiger partial charge in [-0.3, -0.25) is 9.69 Å². The molecule has 3 aromatic carbocycles. The second-order valence-electron chi connectivity index (χ2n) is 7.47. The SMILES string of the molecule is COc1cc(Br)c(C(c2ccc3ccccc3c2)N2CCCC2C(=O)O)cc1OC. The molecule has 2 unspecified atom stereocenters. The van der Waals surface area contributed by atoms with Crippen LogP contribution in [0.3, 0.4) is 0 Å². The van der Waals surface area contributed by atoms with Crippen LogP contribution in [-0.2, 0) is 4.79 Å². The maximum absolute atomic E-state index is 12.0. The van der Waals surface area contributed by atoms with Gasteiger partial charge in [0.2, 0.25) is 0 Å². The van der Waals surface area contributed by atoms with Crippen LogP contribution >= 0.6 is 15.9 Å². The highest BCUT2D eigenvalue weighted by Crippen LogP contribution is 2.43. The van der Waals surface area contributed by atoms with Crippen LogP contribution in [0.1, 0.15) is 30.0 Å². The fourth-order valence-corrected chi connectivity index (χ4v) is 4.91. The highest BCUT2D eigenvalue weighted by molar-refractivity contribution is 9.10. The Kier molecular flexibility index (Phi) is 5.97. The van der Waals surface area contributed by atoms with Crippen LogP contribution in [-0.4, -0.2) is 42.8 Å². The van der Waals surface area contributed by atoms with Gasteiger partial charge in [0.05, 0.1) is 20.3 Å². The fraction of sp³-hybridized carbons (Fsp3) is 0.292. The summed E-state index contributed by atoms with van der Waals surface area (Å²) in [5.41, 5.74) is 2.01. The smallest absolute Gasteiger partial charge is 0.320 e. The molecule has 30 heavy (non-hydrogen) atoms. The summed E-state index contributed by atoms with van der Waals surface area (Å²) in [6.07, 6.45) is 1.50. The maximum atomic E-state index is 12.0. The number of methoxy groups -OCH3 is 2. The molecule has 6 heteroatoms. The molecule has 0 bridgehead atoms. The van der Waals surface area contributed by atoms with E-state index in [0.717, 1.165) is 39.3 Å². The predicted octanol–water partition coefficient (Wildman–Crippen LogP) is 5.26. The molecule has 0 amide bonds. The van der Waals surface area contributed by atoms with Gasteiger partial charge < -0.3 is 14.6 Å². The minimum absolute atomic E-state index is 0.229. The van der Waals surface area contributed by atoms with E-state index in [4.69, 9.17) is 9.47 Å². The Bertz CT molecular complexity index is 1080. The Morgan fingerprint density at radius 1 is 1.07 bits per heavy atom. The summed E-state index contributed by atoms with van der Waals surface area (Å²) < 4.78 is 11.8. The van der Waals surface area contributed by atoms with Crippen LogP contribution in [0, 0.1) is 0 Å². The molecule has 1 aliphatic rings. The van der Waals surface area contributed by atoms with Crippen molar-refractivity contribution in [1.82, 2.24) is 4.90 Å². The van der Waals surface area contributed by atoms with Crippen LogP contribution in [0.5, 0.6) is 11.5 Å². The number of likely N-dealkylation sites (tertiary alicyclic amines) is 1. The second kappa shape index (κ2) is 8.66. The van der Waals surface area contributed by atoms with Crippen molar-refractivity contribution in [3.63, 3.8) is 0 Å². The fourth-order valence-electron chi connectivity index (χ4n) is 4.37. The van der Waals surface area contributed by atoms with E-state index in [9.17, 15) is 9.90 Å². The molecule has 2 atom stereocenters. The van der Waals surface area contributed by atoms with Crippen molar-refractivity contribution < 1.29 is 19.4 Å². The molecule has 1 saturated heterocycles. The Morgan fingerprint density at radius 3 is 2.47 bits per heavy atom. The number of aliphatic carboxylic acids is 1. The van der Waals surface area contributed by atoms with Gasteiger partial charge in [-0.05, 0) is 52.9 Å². The van der Waals surface area contributed by atoms with E-state index in [0.29, 0.717) is 17.9 Å². The van der Waals surface area contributed by atoms with Gasteiger partial charge in [-0.25, -0.2) is 0 Å². The molecule has 1 heterocycles. The standard InChI is InChI=1S/C24H24BrNO4/c1-29-21-13-18(19(25)14-22(21)30-2)23(26-11-5-8-20(26)24(27)28)17-10-9-15-6-3-4-7-16(15)12-17/h3-4,6-7,9-10,12-14,20,23H,5,8,11H2,1-2H3,(H,27,28). The van der Waals surface area contributed by atoms with E-state index in [2.05, 4.69) is 51.2 Å². The molecule has 3 aromatic rings. The number of carboxylic acids is 1. The summed E-state index contributed by atoms with van der Waals surface area (Å²) in [6.45, 7) is 0.718. The van der Waals surface area contributed by atoms with E-state index in [-0.39, 0.29) is 6.04 Å². The number of nitrogens with zero attached hydrogens (tertiary/aromatic N) is 1. The third-order valence-electron chi connectivity index (χ3n) is 5.80. The second-order valence-corrected chi connectivity index (χ2v) is 8.33. The molecule has 1 N–H and O–H groups in total. The molecule has 1 aliphatic heterocycles. The van der Waals surface area contributed by atoms with Crippen LogP contribution < -0.4 is 9.47 Å². The Hall–Kier alpha value is -2.57. The number of rotatable bonds is 6. The van der Waals surface area contributed by atoms with E-state index in [1.165, 1.54) is 0 Å². The molecular formula is C24H24BrNO4. The summed E-state index contributed by atoms with van der Waals surface area (Å²) >= 11 is 3.69. The normalized spacial score (nSPS) is 17.8. The average molecular weight is 470 g/mol. The van der Waals surface area contributed by atoms with Gasteiger partial charge >= 0.3 is 5.97 Å². The van der Waals surface area contributed by atoms with Gasteiger partial charge in [-0.1, -0.05) is 52.3 Å². The lowest BCUT2D eigenvalue weighted by Crippen LogP contribution is -2.39. The van der Waals surface area contributed by atoms with Crippen molar-refractivity contribution in [2.75, 3.05) is 20.8 Å². The van der Waals surface area contributed by atoms with E-state index in [1.807, 2.05) is 24.3 Å². The lowest BCUT2D eigenvalue weighted by atomic mass is 9.94. The number of fused-ring (bicyclic) bond motifs is 1. The summed E-state index contributed by atoms with van der Waals surface area (Å²) in [5.74, 6) is 0.462. The monoisotopic (exact) mass is 469 g/mol. The number of carboxylic acid groups (broad SMARTS) is 1. The lowest BCUT2D eigenvalue weighted by molar-refractivity contribution is -0.142. The number of hydrogen-bond acceptors (Lipinski definition) is 4. The molecule has 4 rings (SSSR count). The zero-order valence-electron chi connectivity index (χ0n) is 17.0. The first-order chi connectivity index (χ1) is 14.5. The molecular weight excluding hydrogens is 446 g/mol. The predicted molar refractivity (Wildman–Crippen MR) is 120 cm³/mol. The zero-order chi connectivity index (χ0) is 21.3. The highest BCUT2D eigenvalue weighted by Gasteiger charge is 2.38. The van der Waals surface area contributed by atoms with Crippen LogP contribution in [0.4, 0.5) is 0 Å². The molecule has 1 fully saturated rings. The van der Waals surface area contributed by atoms with Crippen molar-refractivity contribution in [2.24, 2.45) is 0 Å². The number of hydrogen-bond donors (Lipinski definition) is 1. The Labute approximate surface area is 184 Å². The molecule has 0 aromatic heterocycles. The van der Waals surface area contributed by atoms with E-state index in [1.54, 1.807) is 14.2 Å². The van der Waals surface area contributed by atoms with Crippen LogP contribution in [0.15, 0.2) is 59.1 Å². The third kappa shape index (κ3) is 3.77. The number of ether oxygens (including phenoxy) is 2. The summed E-state index contributed by atoms with van der Waals surface area (Å²) in [7, 11) is 3.21.